The first-order valence-electron chi connectivity index (χ1n) is 8.47. The number of amides is 2. The summed E-state index contributed by atoms with van der Waals surface area (Å²) in [6, 6.07) is 9.65. The minimum absolute atomic E-state index is 0.0614. The molecule has 2 aliphatic heterocycles. The number of fused-ring (bicyclic) bond motifs is 1. The lowest BCUT2D eigenvalue weighted by Gasteiger charge is -2.21. The number of hydrogen-bond donors (Lipinski definition) is 1. The molecule has 1 N–H and O–H groups in total. The van der Waals surface area contributed by atoms with E-state index in [0.29, 0.717) is 25.2 Å². The number of carbonyl (C=O) groups is 2. The molecular formula is C18H20N4O3. The Morgan fingerprint density at radius 1 is 1.28 bits per heavy atom. The number of nitrogens with zero attached hydrogens (tertiary/aromatic N) is 4. The number of hydrogen-bond acceptors (Lipinski definition) is 4. The van der Waals surface area contributed by atoms with Crippen LogP contribution in [0.4, 0.5) is 0 Å². The molecule has 2 aromatic rings. The zero-order valence-corrected chi connectivity index (χ0v) is 13.8. The van der Waals surface area contributed by atoms with Crippen molar-refractivity contribution in [3.63, 3.8) is 0 Å². The Balaban J connectivity index is 1.48. The van der Waals surface area contributed by atoms with Crippen molar-refractivity contribution in [2.45, 2.75) is 13.0 Å². The van der Waals surface area contributed by atoms with E-state index < -0.39 is 0 Å². The molecule has 7 nitrogen and oxygen atoms in total. The van der Waals surface area contributed by atoms with Crippen LogP contribution in [0.3, 0.4) is 0 Å². The zero-order chi connectivity index (χ0) is 17.4. The van der Waals surface area contributed by atoms with Crippen LogP contribution in [0.25, 0.3) is 5.69 Å². The molecule has 7 heteroatoms. The number of benzene rings is 1. The number of carbonyl (C=O) groups excluding carboxylic acids is 2. The van der Waals surface area contributed by atoms with Crippen LogP contribution in [0, 0.1) is 5.92 Å². The Hall–Kier alpha value is -2.67. The van der Waals surface area contributed by atoms with Crippen molar-refractivity contribution in [3.8, 4) is 5.69 Å². The van der Waals surface area contributed by atoms with Gasteiger partial charge in [-0.2, -0.15) is 5.10 Å². The van der Waals surface area contributed by atoms with Gasteiger partial charge in [-0.05, 0) is 18.6 Å². The highest BCUT2D eigenvalue weighted by molar-refractivity contribution is 5.99. The lowest BCUT2D eigenvalue weighted by Crippen LogP contribution is -2.39. The number of aromatic nitrogens is 2. The van der Waals surface area contributed by atoms with Crippen molar-refractivity contribution in [1.82, 2.24) is 19.6 Å². The van der Waals surface area contributed by atoms with E-state index in [2.05, 4.69) is 5.10 Å². The SMILES string of the molecule is O=C(CN1Cc2c(cnn2-c2ccccc2)C1=O)N1CC[C@H](CO)C1. The standard InChI is InChI=1S/C18H20N4O3/c23-12-13-6-7-20(9-13)17(24)11-21-10-16-15(18(21)25)8-19-22(16)14-4-2-1-3-5-14/h1-5,8,13,23H,6-7,9-12H2/t13-/m0/s1. The van der Waals surface area contributed by atoms with E-state index in [-0.39, 0.29) is 30.9 Å². The Bertz CT molecular complexity index is 802. The Labute approximate surface area is 145 Å². The first-order chi connectivity index (χ1) is 12.2. The van der Waals surface area contributed by atoms with Gasteiger partial charge in [0.05, 0.1) is 29.7 Å². The van der Waals surface area contributed by atoms with E-state index in [9.17, 15) is 14.7 Å². The average molecular weight is 340 g/mol. The third-order valence-electron chi connectivity index (χ3n) is 4.95. The largest absolute Gasteiger partial charge is 0.396 e. The van der Waals surface area contributed by atoms with E-state index in [1.165, 1.54) is 0 Å². The molecule has 0 unspecified atom stereocenters. The third kappa shape index (κ3) is 2.80. The molecule has 0 bridgehead atoms. The fourth-order valence-electron chi connectivity index (χ4n) is 3.52. The fourth-order valence-corrected chi connectivity index (χ4v) is 3.52. The van der Waals surface area contributed by atoms with Crippen molar-refractivity contribution in [2.75, 3.05) is 26.2 Å². The summed E-state index contributed by atoms with van der Waals surface area (Å²) < 4.78 is 1.76. The normalized spacial score (nSPS) is 19.6. The quantitative estimate of drug-likeness (QED) is 0.887. The zero-order valence-electron chi connectivity index (χ0n) is 13.8. The molecule has 1 saturated heterocycles. The smallest absolute Gasteiger partial charge is 0.258 e. The lowest BCUT2D eigenvalue weighted by molar-refractivity contribution is -0.131. The lowest BCUT2D eigenvalue weighted by atomic mass is 10.1. The maximum Gasteiger partial charge on any atom is 0.258 e. The molecule has 3 heterocycles. The summed E-state index contributed by atoms with van der Waals surface area (Å²) in [5.74, 6) is -0.0563. The molecule has 0 saturated carbocycles. The highest BCUT2D eigenvalue weighted by Crippen LogP contribution is 2.25. The summed E-state index contributed by atoms with van der Waals surface area (Å²) in [5.41, 5.74) is 2.28. The second kappa shape index (κ2) is 6.33. The summed E-state index contributed by atoms with van der Waals surface area (Å²) in [7, 11) is 0. The Morgan fingerprint density at radius 2 is 2.08 bits per heavy atom. The van der Waals surface area contributed by atoms with Crippen LogP contribution in [0.15, 0.2) is 36.5 Å². The van der Waals surface area contributed by atoms with Crippen LogP contribution in [-0.4, -0.2) is 62.7 Å². The molecule has 0 aliphatic carbocycles. The van der Waals surface area contributed by atoms with Crippen molar-refractivity contribution in [3.05, 3.63) is 47.8 Å². The van der Waals surface area contributed by atoms with E-state index >= 15 is 0 Å². The van der Waals surface area contributed by atoms with Gasteiger partial charge in [-0.15, -0.1) is 0 Å². The van der Waals surface area contributed by atoms with E-state index in [1.807, 2.05) is 30.3 Å². The molecule has 0 spiro atoms. The van der Waals surface area contributed by atoms with Crippen molar-refractivity contribution in [2.24, 2.45) is 5.92 Å². The van der Waals surface area contributed by atoms with Crippen LogP contribution in [0.1, 0.15) is 22.5 Å². The van der Waals surface area contributed by atoms with Crippen LogP contribution in [0.5, 0.6) is 0 Å². The molecule has 2 aliphatic rings. The Kier molecular flexibility index (Phi) is 4.01. The molecular weight excluding hydrogens is 320 g/mol. The molecule has 130 valence electrons. The molecule has 1 aromatic heterocycles. The van der Waals surface area contributed by atoms with Gasteiger partial charge < -0.3 is 14.9 Å². The maximum absolute atomic E-state index is 12.6. The van der Waals surface area contributed by atoms with E-state index in [0.717, 1.165) is 17.8 Å². The van der Waals surface area contributed by atoms with Crippen LogP contribution < -0.4 is 0 Å². The third-order valence-corrected chi connectivity index (χ3v) is 4.95. The predicted octanol–water partition coefficient (Wildman–Crippen LogP) is 0.669. The van der Waals surface area contributed by atoms with Gasteiger partial charge in [0, 0.05) is 25.6 Å². The molecule has 1 fully saturated rings. The summed E-state index contributed by atoms with van der Waals surface area (Å²) >= 11 is 0. The van der Waals surface area contributed by atoms with Crippen molar-refractivity contribution >= 4 is 11.8 Å². The molecule has 25 heavy (non-hydrogen) atoms. The highest BCUT2D eigenvalue weighted by atomic mass is 16.3. The number of aliphatic hydroxyl groups is 1. The fraction of sp³-hybridized carbons (Fsp3) is 0.389. The van der Waals surface area contributed by atoms with Gasteiger partial charge in [0.1, 0.15) is 6.54 Å². The average Bonchev–Trinajstić information content (AvgIpc) is 3.33. The summed E-state index contributed by atoms with van der Waals surface area (Å²) in [6.07, 6.45) is 2.40. The van der Waals surface area contributed by atoms with Gasteiger partial charge in [0.25, 0.3) is 5.91 Å². The van der Waals surface area contributed by atoms with E-state index in [1.54, 1.807) is 20.7 Å². The van der Waals surface area contributed by atoms with E-state index in [4.69, 9.17) is 0 Å². The summed E-state index contributed by atoms with van der Waals surface area (Å²) in [5, 5.41) is 13.5. The van der Waals surface area contributed by atoms with Crippen molar-refractivity contribution < 1.29 is 14.7 Å². The molecule has 4 rings (SSSR count). The molecule has 1 aromatic carbocycles. The topological polar surface area (TPSA) is 78.7 Å². The maximum atomic E-state index is 12.6. The van der Waals surface area contributed by atoms with Gasteiger partial charge >= 0.3 is 0 Å². The summed E-state index contributed by atoms with van der Waals surface area (Å²) in [4.78, 5) is 28.3. The van der Waals surface area contributed by atoms with Gasteiger partial charge in [-0.3, -0.25) is 9.59 Å². The van der Waals surface area contributed by atoms with Gasteiger partial charge in [0.15, 0.2) is 0 Å². The number of rotatable bonds is 4. The van der Waals surface area contributed by atoms with Crippen LogP contribution in [-0.2, 0) is 11.3 Å². The first-order valence-corrected chi connectivity index (χ1v) is 8.47. The minimum atomic E-state index is -0.150. The Morgan fingerprint density at radius 3 is 2.80 bits per heavy atom. The second-order valence-electron chi connectivity index (χ2n) is 6.59. The van der Waals surface area contributed by atoms with Gasteiger partial charge in [-0.25, -0.2) is 4.68 Å². The van der Waals surface area contributed by atoms with Crippen LogP contribution >= 0.6 is 0 Å². The van der Waals surface area contributed by atoms with Gasteiger partial charge in [-0.1, -0.05) is 18.2 Å². The van der Waals surface area contributed by atoms with Gasteiger partial charge in [0.2, 0.25) is 5.91 Å². The predicted molar refractivity (Wildman–Crippen MR) is 90.1 cm³/mol. The minimum Gasteiger partial charge on any atom is -0.396 e. The molecule has 2 amide bonds. The number of likely N-dealkylation sites (tertiary alicyclic amines) is 1. The number of para-hydroxylation sites is 1. The number of aliphatic hydroxyl groups excluding tert-OH is 1. The first kappa shape index (κ1) is 15.8. The summed E-state index contributed by atoms with van der Waals surface area (Å²) in [6.45, 7) is 1.77. The van der Waals surface area contributed by atoms with Crippen LogP contribution in [0.2, 0.25) is 0 Å². The second-order valence-corrected chi connectivity index (χ2v) is 6.59. The molecule has 0 radical (unpaired) electrons. The highest BCUT2D eigenvalue weighted by Gasteiger charge is 2.35. The monoisotopic (exact) mass is 340 g/mol. The van der Waals surface area contributed by atoms with Crippen molar-refractivity contribution in [1.29, 1.82) is 0 Å². The molecule has 1 atom stereocenters.